The lowest BCUT2D eigenvalue weighted by atomic mass is 10.0. The van der Waals surface area contributed by atoms with Gasteiger partial charge in [-0.2, -0.15) is 0 Å². The Balaban J connectivity index is 4.27. The van der Waals surface area contributed by atoms with Crippen LogP contribution in [0.1, 0.15) is 26.7 Å². The first-order chi connectivity index (χ1) is 5.79. The molecule has 0 saturated carbocycles. The lowest BCUT2D eigenvalue weighted by Crippen LogP contribution is -2.05. The minimum Gasteiger partial charge on any atom is -0.380 e. The second kappa shape index (κ2) is 7.32. The van der Waals surface area contributed by atoms with Crippen LogP contribution in [0.5, 0.6) is 0 Å². The van der Waals surface area contributed by atoms with Crippen LogP contribution in [0.15, 0.2) is 11.1 Å². The average Bonchev–Trinajstić information content (AvgIpc) is 2.07. The maximum atomic E-state index is 5.10. The zero-order chi connectivity index (χ0) is 9.40. The number of hydrogen-bond acceptors (Lipinski definition) is 2. The molecular weight excluding hydrogens is 152 g/mol. The van der Waals surface area contributed by atoms with Crippen LogP contribution >= 0.6 is 0 Å². The summed E-state index contributed by atoms with van der Waals surface area (Å²) in [4.78, 5) is 0. The van der Waals surface area contributed by atoms with Crippen molar-refractivity contribution in [2.75, 3.05) is 27.4 Å². The van der Waals surface area contributed by atoms with E-state index in [0.29, 0.717) is 13.2 Å². The standard InChI is InChI=1S/C10H20O2/c1-5-9(6-2)10(7-11-3)8-12-4/h5-8H2,1-4H3. The van der Waals surface area contributed by atoms with Crippen molar-refractivity contribution in [3.05, 3.63) is 11.1 Å². The quantitative estimate of drug-likeness (QED) is 0.573. The van der Waals surface area contributed by atoms with Gasteiger partial charge in [-0.3, -0.25) is 0 Å². The van der Waals surface area contributed by atoms with E-state index in [2.05, 4.69) is 13.8 Å². The van der Waals surface area contributed by atoms with E-state index in [1.54, 1.807) is 14.2 Å². The first kappa shape index (κ1) is 11.7. The second-order valence-corrected chi connectivity index (χ2v) is 2.78. The predicted octanol–water partition coefficient (Wildman–Crippen LogP) is 2.40. The topological polar surface area (TPSA) is 18.5 Å². The summed E-state index contributed by atoms with van der Waals surface area (Å²) in [6.07, 6.45) is 2.19. The SMILES string of the molecule is CCC(CC)=C(COC)COC. The molecular formula is C10H20O2. The number of methoxy groups -OCH3 is 2. The molecule has 0 amide bonds. The fourth-order valence-corrected chi connectivity index (χ4v) is 1.34. The molecule has 2 heteroatoms. The van der Waals surface area contributed by atoms with E-state index in [1.807, 2.05) is 0 Å². The minimum absolute atomic E-state index is 0.699. The van der Waals surface area contributed by atoms with Crippen molar-refractivity contribution in [3.63, 3.8) is 0 Å². The summed E-state index contributed by atoms with van der Waals surface area (Å²) in [6.45, 7) is 5.74. The van der Waals surface area contributed by atoms with Crippen molar-refractivity contribution >= 4 is 0 Å². The Labute approximate surface area is 75.6 Å². The van der Waals surface area contributed by atoms with Crippen LogP contribution in [0.3, 0.4) is 0 Å². The fraction of sp³-hybridized carbons (Fsp3) is 0.800. The predicted molar refractivity (Wildman–Crippen MR) is 51.4 cm³/mol. The van der Waals surface area contributed by atoms with Crippen LogP contribution in [-0.2, 0) is 9.47 Å². The molecule has 0 radical (unpaired) electrons. The highest BCUT2D eigenvalue weighted by molar-refractivity contribution is 5.14. The molecule has 0 spiro atoms. The smallest absolute Gasteiger partial charge is 0.0697 e. The summed E-state index contributed by atoms with van der Waals surface area (Å²) in [5.41, 5.74) is 2.75. The molecule has 0 fully saturated rings. The third-order valence-corrected chi connectivity index (χ3v) is 1.99. The molecule has 0 heterocycles. The molecule has 2 nitrogen and oxygen atoms in total. The third kappa shape index (κ3) is 3.88. The van der Waals surface area contributed by atoms with Crippen molar-refractivity contribution in [1.29, 1.82) is 0 Å². The van der Waals surface area contributed by atoms with Crippen LogP contribution in [0, 0.1) is 0 Å². The zero-order valence-corrected chi connectivity index (χ0v) is 8.64. The average molecular weight is 172 g/mol. The summed E-state index contributed by atoms with van der Waals surface area (Å²) in [6, 6.07) is 0. The van der Waals surface area contributed by atoms with Gasteiger partial charge < -0.3 is 9.47 Å². The second-order valence-electron chi connectivity index (χ2n) is 2.78. The van der Waals surface area contributed by atoms with E-state index in [-0.39, 0.29) is 0 Å². The van der Waals surface area contributed by atoms with E-state index in [1.165, 1.54) is 11.1 Å². The van der Waals surface area contributed by atoms with Crippen LogP contribution in [-0.4, -0.2) is 27.4 Å². The Morgan fingerprint density at radius 2 is 1.25 bits per heavy atom. The van der Waals surface area contributed by atoms with Gasteiger partial charge in [0.05, 0.1) is 13.2 Å². The highest BCUT2D eigenvalue weighted by Gasteiger charge is 2.02. The van der Waals surface area contributed by atoms with Gasteiger partial charge in [0.2, 0.25) is 0 Å². The highest BCUT2D eigenvalue weighted by atomic mass is 16.5. The van der Waals surface area contributed by atoms with Crippen molar-refractivity contribution < 1.29 is 9.47 Å². The van der Waals surface area contributed by atoms with Gasteiger partial charge in [0.1, 0.15) is 0 Å². The van der Waals surface area contributed by atoms with Crippen LogP contribution < -0.4 is 0 Å². The lowest BCUT2D eigenvalue weighted by Gasteiger charge is -2.11. The van der Waals surface area contributed by atoms with E-state index < -0.39 is 0 Å². The van der Waals surface area contributed by atoms with Gasteiger partial charge >= 0.3 is 0 Å². The lowest BCUT2D eigenvalue weighted by molar-refractivity contribution is 0.179. The molecule has 12 heavy (non-hydrogen) atoms. The maximum absolute atomic E-state index is 5.10. The first-order valence-corrected chi connectivity index (χ1v) is 4.47. The van der Waals surface area contributed by atoms with Gasteiger partial charge in [0, 0.05) is 14.2 Å². The summed E-state index contributed by atoms with van der Waals surface area (Å²) in [5, 5.41) is 0. The summed E-state index contributed by atoms with van der Waals surface area (Å²) >= 11 is 0. The Bertz CT molecular complexity index is 125. The van der Waals surface area contributed by atoms with Crippen LogP contribution in [0.25, 0.3) is 0 Å². The number of rotatable bonds is 6. The van der Waals surface area contributed by atoms with Crippen molar-refractivity contribution in [2.45, 2.75) is 26.7 Å². The van der Waals surface area contributed by atoms with E-state index in [4.69, 9.17) is 9.47 Å². The molecule has 0 unspecified atom stereocenters. The Kier molecular flexibility index (Phi) is 7.11. The van der Waals surface area contributed by atoms with Crippen molar-refractivity contribution in [2.24, 2.45) is 0 Å². The van der Waals surface area contributed by atoms with Gasteiger partial charge in [0.15, 0.2) is 0 Å². The van der Waals surface area contributed by atoms with E-state index in [9.17, 15) is 0 Å². The largest absolute Gasteiger partial charge is 0.380 e. The molecule has 0 aromatic rings. The molecule has 0 aliphatic carbocycles. The van der Waals surface area contributed by atoms with Gasteiger partial charge in [0.25, 0.3) is 0 Å². The van der Waals surface area contributed by atoms with E-state index in [0.717, 1.165) is 12.8 Å². The van der Waals surface area contributed by atoms with Crippen LogP contribution in [0.4, 0.5) is 0 Å². The first-order valence-electron chi connectivity index (χ1n) is 4.47. The number of ether oxygens (including phenoxy) is 2. The summed E-state index contributed by atoms with van der Waals surface area (Å²) in [5.74, 6) is 0. The van der Waals surface area contributed by atoms with Gasteiger partial charge in [-0.25, -0.2) is 0 Å². The molecule has 0 atom stereocenters. The Morgan fingerprint density at radius 3 is 1.50 bits per heavy atom. The van der Waals surface area contributed by atoms with Gasteiger partial charge in [-0.05, 0) is 18.4 Å². The molecule has 0 bridgehead atoms. The number of hydrogen-bond donors (Lipinski definition) is 0. The summed E-state index contributed by atoms with van der Waals surface area (Å²) in [7, 11) is 3.44. The molecule has 72 valence electrons. The third-order valence-electron chi connectivity index (χ3n) is 1.99. The zero-order valence-electron chi connectivity index (χ0n) is 8.64. The molecule has 0 saturated heterocycles. The molecule has 0 N–H and O–H groups in total. The van der Waals surface area contributed by atoms with Crippen molar-refractivity contribution in [3.8, 4) is 0 Å². The normalized spacial score (nSPS) is 10.0. The minimum atomic E-state index is 0.699. The molecule has 0 aliphatic heterocycles. The monoisotopic (exact) mass is 172 g/mol. The van der Waals surface area contributed by atoms with Crippen molar-refractivity contribution in [1.82, 2.24) is 0 Å². The number of allylic oxidation sites excluding steroid dienone is 1. The molecule has 0 aromatic carbocycles. The van der Waals surface area contributed by atoms with Gasteiger partial charge in [-0.1, -0.05) is 19.4 Å². The molecule has 0 aromatic heterocycles. The highest BCUT2D eigenvalue weighted by Crippen LogP contribution is 2.13. The van der Waals surface area contributed by atoms with E-state index >= 15 is 0 Å². The Morgan fingerprint density at radius 1 is 0.833 bits per heavy atom. The Hall–Kier alpha value is -0.340. The molecule has 0 aliphatic rings. The summed E-state index contributed by atoms with van der Waals surface area (Å²) < 4.78 is 10.2. The van der Waals surface area contributed by atoms with Gasteiger partial charge in [-0.15, -0.1) is 0 Å². The fourth-order valence-electron chi connectivity index (χ4n) is 1.34. The molecule has 0 rings (SSSR count). The maximum Gasteiger partial charge on any atom is 0.0697 e. The van der Waals surface area contributed by atoms with Crippen LogP contribution in [0.2, 0.25) is 0 Å².